The van der Waals surface area contributed by atoms with Gasteiger partial charge in [0.2, 0.25) is 0 Å². The van der Waals surface area contributed by atoms with Crippen molar-refractivity contribution in [3.63, 3.8) is 0 Å². The summed E-state index contributed by atoms with van der Waals surface area (Å²) in [6.07, 6.45) is 3.97. The largest absolute Gasteiger partial charge is 0.454 e. The lowest BCUT2D eigenvalue weighted by molar-refractivity contribution is 0.586. The summed E-state index contributed by atoms with van der Waals surface area (Å²) in [7, 11) is 0. The van der Waals surface area contributed by atoms with E-state index in [1.54, 1.807) is 0 Å². The molecule has 0 fully saturated rings. The van der Waals surface area contributed by atoms with Gasteiger partial charge in [0, 0.05) is 58.6 Å². The summed E-state index contributed by atoms with van der Waals surface area (Å²) in [6.45, 7) is 0. The normalized spacial score (nSPS) is 15.5. The number of nitrogens with zero attached hydrogens (tertiary/aromatic N) is 3. The molecule has 7 aromatic carbocycles. The van der Waals surface area contributed by atoms with E-state index in [4.69, 9.17) is 14.4 Å². The molecule has 4 heterocycles. The van der Waals surface area contributed by atoms with Crippen molar-refractivity contribution in [3.8, 4) is 11.1 Å². The summed E-state index contributed by atoms with van der Waals surface area (Å²) in [5.74, 6) is 2.51. The number of hydrogen-bond acceptors (Lipinski definition) is 5. The van der Waals surface area contributed by atoms with Crippen molar-refractivity contribution in [1.29, 1.82) is 0 Å². The zero-order valence-corrected chi connectivity index (χ0v) is 31.6. The Morgan fingerprint density at radius 1 is 0.596 bits per heavy atom. The van der Waals surface area contributed by atoms with Crippen molar-refractivity contribution in [2.24, 2.45) is 9.98 Å². The monoisotopic (exact) mass is 750 g/mol. The molecule has 1 aliphatic heterocycles. The van der Waals surface area contributed by atoms with Crippen LogP contribution in [-0.2, 0) is 6.42 Å². The molecule has 0 bridgehead atoms. The molecule has 1 N–H and O–H groups in total. The number of nitrogens with one attached hydrogen (secondary N) is 1. The molecule has 57 heavy (non-hydrogen) atoms. The van der Waals surface area contributed by atoms with Crippen LogP contribution < -0.4 is 5.32 Å². The molecule has 1 aliphatic carbocycles. The van der Waals surface area contributed by atoms with Crippen molar-refractivity contribution in [2.45, 2.75) is 19.0 Å². The number of para-hydroxylation sites is 3. The van der Waals surface area contributed by atoms with Crippen LogP contribution in [0.2, 0.25) is 0 Å². The molecule has 0 saturated carbocycles. The maximum atomic E-state index is 7.06. The second-order valence-corrected chi connectivity index (χ2v) is 15.9. The number of aromatic nitrogens is 1. The van der Waals surface area contributed by atoms with Gasteiger partial charge < -0.3 is 14.3 Å². The number of benzene rings is 7. The predicted octanol–water partition coefficient (Wildman–Crippen LogP) is 12.9. The minimum atomic E-state index is -0.296. The molecule has 5 nitrogen and oxygen atoms in total. The van der Waals surface area contributed by atoms with E-state index in [9.17, 15) is 0 Å². The van der Waals surface area contributed by atoms with Crippen LogP contribution in [0.1, 0.15) is 40.6 Å². The van der Waals surface area contributed by atoms with Crippen LogP contribution in [0.25, 0.3) is 69.8 Å². The third-order valence-electron chi connectivity index (χ3n) is 11.5. The zero-order chi connectivity index (χ0) is 37.5. The lowest BCUT2D eigenvalue weighted by atomic mass is 9.96. The van der Waals surface area contributed by atoms with Crippen LogP contribution in [-0.4, -0.2) is 16.2 Å². The van der Waals surface area contributed by atoms with Crippen LogP contribution in [0, 0.1) is 0 Å². The third-order valence-corrected chi connectivity index (χ3v) is 12.7. The number of furan rings is 1. The maximum absolute atomic E-state index is 7.06. The third kappa shape index (κ3) is 5.14. The fraction of sp³-hybridized carbons (Fsp3) is 0.0588. The molecule has 0 radical (unpaired) electrons. The van der Waals surface area contributed by atoms with Crippen molar-refractivity contribution in [3.05, 3.63) is 198 Å². The van der Waals surface area contributed by atoms with Crippen molar-refractivity contribution in [1.82, 2.24) is 9.88 Å². The lowest BCUT2D eigenvalue weighted by Gasteiger charge is -2.23. The van der Waals surface area contributed by atoms with E-state index >= 15 is 0 Å². The number of rotatable bonds is 5. The topological polar surface area (TPSA) is 54.8 Å². The van der Waals surface area contributed by atoms with E-state index in [2.05, 4.69) is 143 Å². The van der Waals surface area contributed by atoms with Gasteiger partial charge in [-0.2, -0.15) is 0 Å². The lowest BCUT2D eigenvalue weighted by Crippen LogP contribution is -2.33. The van der Waals surface area contributed by atoms with E-state index in [0.717, 1.165) is 69.4 Å². The maximum Gasteiger partial charge on any atom is 0.159 e. The Morgan fingerprint density at radius 2 is 1.26 bits per heavy atom. The quantitative estimate of drug-likeness (QED) is 0.190. The van der Waals surface area contributed by atoms with Gasteiger partial charge in [0.05, 0.1) is 16.7 Å². The van der Waals surface area contributed by atoms with Crippen LogP contribution in [0.5, 0.6) is 0 Å². The first-order valence-corrected chi connectivity index (χ1v) is 20.3. The predicted molar refractivity (Wildman–Crippen MR) is 238 cm³/mol. The number of amidine groups is 2. The minimum Gasteiger partial charge on any atom is -0.454 e. The Kier molecular flexibility index (Phi) is 7.22. The van der Waals surface area contributed by atoms with Gasteiger partial charge in [0.25, 0.3) is 0 Å². The van der Waals surface area contributed by atoms with Gasteiger partial charge in [-0.25, -0.2) is 9.98 Å². The van der Waals surface area contributed by atoms with E-state index < -0.39 is 0 Å². The first-order valence-electron chi connectivity index (χ1n) is 19.5. The summed E-state index contributed by atoms with van der Waals surface area (Å²) in [5, 5.41) is 9.80. The van der Waals surface area contributed by atoms with Crippen LogP contribution in [0.3, 0.4) is 0 Å². The Hall–Kier alpha value is -7.02. The Bertz CT molecular complexity index is 3270. The van der Waals surface area contributed by atoms with Gasteiger partial charge in [-0.1, -0.05) is 133 Å². The first kappa shape index (κ1) is 32.2. The van der Waals surface area contributed by atoms with E-state index in [1.807, 2.05) is 47.7 Å². The van der Waals surface area contributed by atoms with Crippen LogP contribution in [0.4, 0.5) is 0 Å². The smallest absolute Gasteiger partial charge is 0.159 e. The molecule has 1 atom stereocenters. The van der Waals surface area contributed by atoms with E-state index in [0.29, 0.717) is 0 Å². The molecular formula is C51H34N4OS. The van der Waals surface area contributed by atoms with Crippen molar-refractivity contribution < 1.29 is 4.42 Å². The average Bonchev–Trinajstić information content (AvgIpc) is 3.96. The fourth-order valence-electron chi connectivity index (χ4n) is 8.89. The van der Waals surface area contributed by atoms with Crippen LogP contribution >= 0.6 is 11.3 Å². The number of aliphatic imine (C=N–C) groups is 2. The van der Waals surface area contributed by atoms with Gasteiger partial charge in [-0.3, -0.25) is 0 Å². The number of fused-ring (bicyclic) bond motifs is 9. The molecule has 3 aromatic heterocycles. The number of hydrogen-bond donors (Lipinski definition) is 1. The fourth-order valence-corrected chi connectivity index (χ4v) is 9.95. The number of thiophene rings is 1. The summed E-state index contributed by atoms with van der Waals surface area (Å²) >= 11 is 1.83. The molecular weight excluding hydrogens is 717 g/mol. The highest BCUT2D eigenvalue weighted by molar-refractivity contribution is 7.25. The van der Waals surface area contributed by atoms with Gasteiger partial charge in [0.15, 0.2) is 11.6 Å². The number of allylic oxidation sites excluding steroid dienone is 1. The Labute approximate surface area is 332 Å². The van der Waals surface area contributed by atoms with Crippen molar-refractivity contribution >= 4 is 81.7 Å². The van der Waals surface area contributed by atoms with Gasteiger partial charge in [-0.15, -0.1) is 11.3 Å². The molecule has 270 valence electrons. The number of aryl methyl sites for hydroxylation is 1. The van der Waals surface area contributed by atoms with E-state index in [-0.39, 0.29) is 6.17 Å². The Balaban J connectivity index is 0.969. The standard InChI is InChI=1S/C51H34N4OS/c1-3-13-31(14-4-1)49-52-50(32-15-5-2-6-16-32)54-51(53-49)34-26-28-46-41(30-34)40-29-33(25-27-45(40)57-46)35-19-11-20-38-39-21-12-24-44(48(39)56-47(35)38)55-42-22-9-7-17-36(42)37-18-8-10-23-43(37)55/h1-11,13-20,22-30,51H,12,21H2,(H,52,53,54). The summed E-state index contributed by atoms with van der Waals surface area (Å²) in [4.78, 5) is 10.1. The SMILES string of the molecule is C1=C(n2c3ccccc3c3ccccc32)c2oc3c(-c4ccc5sc6ccc(C7N=C(c8ccccc8)N=C(c8ccccc8)N7)cc6c5c4)cccc3c2CC1. The van der Waals surface area contributed by atoms with E-state index in [1.165, 1.54) is 52.9 Å². The summed E-state index contributed by atoms with van der Waals surface area (Å²) in [5.41, 5.74) is 11.1. The molecule has 1 unspecified atom stereocenters. The second-order valence-electron chi connectivity index (χ2n) is 14.9. The van der Waals surface area contributed by atoms with Crippen LogP contribution in [0.15, 0.2) is 184 Å². The molecule has 2 aliphatic rings. The highest BCUT2D eigenvalue weighted by atomic mass is 32.1. The highest BCUT2D eigenvalue weighted by Crippen LogP contribution is 2.44. The molecule has 6 heteroatoms. The van der Waals surface area contributed by atoms with Gasteiger partial charge in [0.1, 0.15) is 17.6 Å². The molecule has 10 aromatic rings. The molecule has 12 rings (SSSR count). The summed E-state index contributed by atoms with van der Waals surface area (Å²) < 4.78 is 12.0. The van der Waals surface area contributed by atoms with Gasteiger partial charge >= 0.3 is 0 Å². The second kappa shape index (κ2) is 12.8. The average molecular weight is 751 g/mol. The highest BCUT2D eigenvalue weighted by Gasteiger charge is 2.27. The summed E-state index contributed by atoms with van der Waals surface area (Å²) in [6, 6.07) is 58.2. The molecule has 0 amide bonds. The minimum absolute atomic E-state index is 0.296. The Morgan fingerprint density at radius 3 is 2.04 bits per heavy atom. The molecule has 0 spiro atoms. The zero-order valence-electron chi connectivity index (χ0n) is 30.8. The molecule has 0 saturated heterocycles. The van der Waals surface area contributed by atoms with Gasteiger partial charge in [-0.05, 0) is 60.4 Å². The van der Waals surface area contributed by atoms with Crippen molar-refractivity contribution in [2.75, 3.05) is 0 Å². The first-order chi connectivity index (χ1) is 28.2.